The van der Waals surface area contributed by atoms with Crippen LogP contribution in [0.5, 0.6) is 5.75 Å². The van der Waals surface area contributed by atoms with Crippen molar-refractivity contribution in [2.24, 2.45) is 0 Å². The minimum Gasteiger partial charge on any atom is -0.497 e. The summed E-state index contributed by atoms with van der Waals surface area (Å²) in [5.74, 6) is 0.388. The van der Waals surface area contributed by atoms with E-state index in [1.54, 1.807) is 31.4 Å². The van der Waals surface area contributed by atoms with E-state index in [2.05, 4.69) is 6.92 Å². The summed E-state index contributed by atoms with van der Waals surface area (Å²) in [6, 6.07) is 6.88. The van der Waals surface area contributed by atoms with E-state index in [4.69, 9.17) is 9.47 Å². The molecule has 1 aromatic carbocycles. The largest absolute Gasteiger partial charge is 0.497 e. The van der Waals surface area contributed by atoms with E-state index in [-0.39, 0.29) is 5.97 Å². The Morgan fingerprint density at radius 3 is 2.45 bits per heavy atom. The molecule has 110 valence electrons. The predicted octanol–water partition coefficient (Wildman–Crippen LogP) is 4.73. The highest BCUT2D eigenvalue weighted by molar-refractivity contribution is 5.89. The number of benzene rings is 1. The van der Waals surface area contributed by atoms with Gasteiger partial charge in [-0.25, -0.2) is 4.79 Å². The van der Waals surface area contributed by atoms with Gasteiger partial charge in [0.25, 0.3) is 0 Å². The molecule has 1 aromatic rings. The lowest BCUT2D eigenvalue weighted by atomic mass is 10.1. The Morgan fingerprint density at radius 2 is 1.80 bits per heavy atom. The zero-order valence-corrected chi connectivity index (χ0v) is 12.4. The van der Waals surface area contributed by atoms with Crippen LogP contribution in [-0.4, -0.2) is 13.1 Å². The Kier molecular flexibility index (Phi) is 8.20. The van der Waals surface area contributed by atoms with Crippen LogP contribution in [-0.2, 0) is 4.74 Å². The molecule has 3 nitrogen and oxygen atoms in total. The van der Waals surface area contributed by atoms with Crippen molar-refractivity contribution in [3.8, 4) is 5.75 Å². The molecule has 0 fully saturated rings. The van der Waals surface area contributed by atoms with E-state index in [0.717, 1.165) is 18.6 Å². The Hall–Kier alpha value is -1.77. The molecule has 0 aliphatic heterocycles. The summed E-state index contributed by atoms with van der Waals surface area (Å²) in [4.78, 5) is 11.7. The maximum Gasteiger partial charge on any atom is 0.342 e. The lowest BCUT2D eigenvalue weighted by Gasteiger charge is -2.01. The number of hydrogen-bond acceptors (Lipinski definition) is 3. The molecule has 20 heavy (non-hydrogen) atoms. The third kappa shape index (κ3) is 6.41. The molecule has 0 radical (unpaired) electrons. The van der Waals surface area contributed by atoms with Crippen LogP contribution in [0.3, 0.4) is 0 Å². The summed E-state index contributed by atoms with van der Waals surface area (Å²) >= 11 is 0. The highest BCUT2D eigenvalue weighted by atomic mass is 16.5. The topological polar surface area (TPSA) is 35.5 Å². The number of rotatable bonds is 9. The monoisotopic (exact) mass is 276 g/mol. The number of allylic oxidation sites excluding steroid dienone is 1. The van der Waals surface area contributed by atoms with Gasteiger partial charge in [0.2, 0.25) is 0 Å². The molecule has 3 heteroatoms. The summed E-state index contributed by atoms with van der Waals surface area (Å²) < 4.78 is 10.1. The molecule has 0 saturated heterocycles. The van der Waals surface area contributed by atoms with Gasteiger partial charge in [-0.15, -0.1) is 0 Å². The molecule has 0 heterocycles. The molecule has 0 unspecified atom stereocenters. The van der Waals surface area contributed by atoms with Crippen molar-refractivity contribution in [1.82, 2.24) is 0 Å². The summed E-state index contributed by atoms with van der Waals surface area (Å²) in [6.07, 6.45) is 10.6. The third-order valence-corrected chi connectivity index (χ3v) is 3.07. The van der Waals surface area contributed by atoms with Crippen LogP contribution >= 0.6 is 0 Å². The van der Waals surface area contributed by atoms with Crippen LogP contribution in [0, 0.1) is 0 Å². The maximum absolute atomic E-state index is 11.7. The first kappa shape index (κ1) is 16.3. The van der Waals surface area contributed by atoms with Gasteiger partial charge in [0.05, 0.1) is 18.9 Å². The first-order valence-electron chi connectivity index (χ1n) is 7.28. The third-order valence-electron chi connectivity index (χ3n) is 3.07. The summed E-state index contributed by atoms with van der Waals surface area (Å²) in [5, 5.41) is 0. The fourth-order valence-corrected chi connectivity index (χ4v) is 1.84. The number of unbranched alkanes of at least 4 members (excludes halogenated alkanes) is 5. The average Bonchev–Trinajstić information content (AvgIpc) is 2.50. The van der Waals surface area contributed by atoms with Gasteiger partial charge in [-0.05, 0) is 43.2 Å². The zero-order valence-electron chi connectivity index (χ0n) is 12.4. The van der Waals surface area contributed by atoms with Crippen molar-refractivity contribution in [3.05, 3.63) is 42.2 Å². The number of ether oxygens (including phenoxy) is 2. The normalized spacial score (nSPS) is 10.7. The van der Waals surface area contributed by atoms with Crippen LogP contribution in [0.1, 0.15) is 55.8 Å². The van der Waals surface area contributed by atoms with E-state index in [1.807, 2.05) is 6.08 Å². The first-order chi connectivity index (χ1) is 9.77. The number of carbonyl (C=O) groups excluding carboxylic acids is 1. The predicted molar refractivity (Wildman–Crippen MR) is 80.9 cm³/mol. The van der Waals surface area contributed by atoms with Crippen molar-refractivity contribution in [2.45, 2.75) is 45.4 Å². The van der Waals surface area contributed by atoms with Gasteiger partial charge in [0.15, 0.2) is 0 Å². The Morgan fingerprint density at radius 1 is 1.10 bits per heavy atom. The highest BCUT2D eigenvalue weighted by Gasteiger charge is 2.04. The van der Waals surface area contributed by atoms with E-state index >= 15 is 0 Å². The molecule has 0 N–H and O–H groups in total. The summed E-state index contributed by atoms with van der Waals surface area (Å²) in [7, 11) is 1.59. The standard InChI is InChI=1S/C17H24O3/c1-3-4-5-6-7-8-9-14-20-17(18)15-10-12-16(19-2)13-11-15/h9-14H,3-8H2,1-2H3. The molecule has 0 aliphatic rings. The van der Waals surface area contributed by atoms with E-state index < -0.39 is 0 Å². The van der Waals surface area contributed by atoms with Crippen LogP contribution in [0.4, 0.5) is 0 Å². The van der Waals surface area contributed by atoms with Crippen LogP contribution in [0.25, 0.3) is 0 Å². The van der Waals surface area contributed by atoms with Crippen molar-refractivity contribution < 1.29 is 14.3 Å². The van der Waals surface area contributed by atoms with Crippen molar-refractivity contribution in [3.63, 3.8) is 0 Å². The summed E-state index contributed by atoms with van der Waals surface area (Å²) in [5.41, 5.74) is 0.526. The minimum absolute atomic E-state index is 0.338. The fourth-order valence-electron chi connectivity index (χ4n) is 1.84. The number of carbonyl (C=O) groups is 1. The first-order valence-corrected chi connectivity index (χ1v) is 7.28. The SMILES string of the molecule is CCCCCCCC=COC(=O)c1ccc(OC)cc1. The zero-order chi connectivity index (χ0) is 14.6. The molecule has 0 aromatic heterocycles. The van der Waals surface area contributed by atoms with E-state index in [9.17, 15) is 4.79 Å². The molecular formula is C17H24O3. The number of methoxy groups -OCH3 is 1. The lowest BCUT2D eigenvalue weighted by Crippen LogP contribution is -2.00. The van der Waals surface area contributed by atoms with Gasteiger partial charge in [0.1, 0.15) is 5.75 Å². The van der Waals surface area contributed by atoms with Gasteiger partial charge in [-0.1, -0.05) is 32.6 Å². The number of esters is 1. The second-order valence-corrected chi connectivity index (χ2v) is 4.71. The van der Waals surface area contributed by atoms with Gasteiger partial charge >= 0.3 is 5.97 Å². The molecule has 0 spiro atoms. The molecule has 1 rings (SSSR count). The van der Waals surface area contributed by atoms with Crippen LogP contribution < -0.4 is 4.74 Å². The molecule has 0 atom stereocenters. The second-order valence-electron chi connectivity index (χ2n) is 4.71. The molecule has 0 bridgehead atoms. The van der Waals surface area contributed by atoms with E-state index in [0.29, 0.717) is 5.56 Å². The van der Waals surface area contributed by atoms with Gasteiger partial charge in [0, 0.05) is 0 Å². The number of hydrogen-bond donors (Lipinski definition) is 0. The highest BCUT2D eigenvalue weighted by Crippen LogP contribution is 2.12. The summed E-state index contributed by atoms with van der Waals surface area (Å²) in [6.45, 7) is 2.21. The van der Waals surface area contributed by atoms with E-state index in [1.165, 1.54) is 31.9 Å². The Balaban J connectivity index is 2.21. The van der Waals surface area contributed by atoms with Gasteiger partial charge in [-0.3, -0.25) is 0 Å². The Labute approximate surface area is 121 Å². The van der Waals surface area contributed by atoms with Crippen molar-refractivity contribution >= 4 is 5.97 Å². The van der Waals surface area contributed by atoms with Crippen molar-refractivity contribution in [2.75, 3.05) is 7.11 Å². The fraction of sp³-hybridized carbons (Fsp3) is 0.471. The average molecular weight is 276 g/mol. The second kappa shape index (κ2) is 10.1. The minimum atomic E-state index is -0.338. The van der Waals surface area contributed by atoms with Gasteiger partial charge in [-0.2, -0.15) is 0 Å². The molecule has 0 aliphatic carbocycles. The maximum atomic E-state index is 11.7. The molecule has 0 saturated carbocycles. The van der Waals surface area contributed by atoms with Crippen molar-refractivity contribution in [1.29, 1.82) is 0 Å². The van der Waals surface area contributed by atoms with Crippen LogP contribution in [0.15, 0.2) is 36.6 Å². The van der Waals surface area contributed by atoms with Crippen LogP contribution in [0.2, 0.25) is 0 Å². The lowest BCUT2D eigenvalue weighted by molar-refractivity contribution is 0.0662. The quantitative estimate of drug-likeness (QED) is 0.372. The molecule has 0 amide bonds. The Bertz CT molecular complexity index is 407. The van der Waals surface area contributed by atoms with Gasteiger partial charge < -0.3 is 9.47 Å². The molecular weight excluding hydrogens is 252 g/mol. The smallest absolute Gasteiger partial charge is 0.342 e.